The van der Waals surface area contributed by atoms with Crippen LogP contribution in [0, 0.1) is 5.92 Å². The molecule has 7 heteroatoms. The normalized spacial score (nSPS) is 12.0. The number of pyridine rings is 1. The lowest BCUT2D eigenvalue weighted by atomic mass is 10.1. The summed E-state index contributed by atoms with van der Waals surface area (Å²) >= 11 is 6.17. The van der Waals surface area contributed by atoms with Crippen LogP contribution in [0.5, 0.6) is 0 Å². The summed E-state index contributed by atoms with van der Waals surface area (Å²) in [5.41, 5.74) is 1.21. The second kappa shape index (κ2) is 6.70. The van der Waals surface area contributed by atoms with Crippen molar-refractivity contribution in [2.45, 2.75) is 20.8 Å². The predicted octanol–water partition coefficient (Wildman–Crippen LogP) is 2.50. The van der Waals surface area contributed by atoms with Gasteiger partial charge in [0.05, 0.1) is 24.0 Å². The van der Waals surface area contributed by atoms with Gasteiger partial charge in [0.1, 0.15) is 11.5 Å². The van der Waals surface area contributed by atoms with Gasteiger partial charge in [-0.05, 0) is 32.9 Å². The van der Waals surface area contributed by atoms with Crippen LogP contribution < -0.4 is 4.90 Å². The Kier molecular flexibility index (Phi) is 4.92. The molecule has 1 atom stereocenters. The molecule has 0 bridgehead atoms. The molecule has 0 saturated carbocycles. The van der Waals surface area contributed by atoms with Crippen LogP contribution in [0.15, 0.2) is 30.7 Å². The van der Waals surface area contributed by atoms with E-state index in [0.717, 1.165) is 5.69 Å². The Balaban J connectivity index is 2.37. The number of Topliss-reactive ketones (excluding diaryl/α,β-unsaturated/α-hetero) is 1. The first-order valence-corrected chi connectivity index (χ1v) is 7.30. The summed E-state index contributed by atoms with van der Waals surface area (Å²) in [5, 5.41) is 4.40. The summed E-state index contributed by atoms with van der Waals surface area (Å²) in [7, 11) is 0. The minimum absolute atomic E-state index is 0.181. The number of nitrogens with zero attached hydrogens (tertiary/aromatic N) is 4. The van der Waals surface area contributed by atoms with Crippen molar-refractivity contribution in [3.05, 3.63) is 35.9 Å². The van der Waals surface area contributed by atoms with Crippen molar-refractivity contribution in [3.8, 4) is 5.69 Å². The number of halogens is 1. The number of carbonyl (C=O) groups excluding carboxylic acids is 2. The van der Waals surface area contributed by atoms with Crippen molar-refractivity contribution in [3.63, 3.8) is 0 Å². The largest absolute Gasteiger partial charge is 0.308 e. The molecule has 0 radical (unpaired) electrons. The van der Waals surface area contributed by atoms with Gasteiger partial charge in [-0.15, -0.1) is 0 Å². The van der Waals surface area contributed by atoms with Gasteiger partial charge in [-0.25, -0.2) is 4.68 Å². The van der Waals surface area contributed by atoms with Crippen molar-refractivity contribution in [1.82, 2.24) is 14.8 Å². The summed E-state index contributed by atoms with van der Waals surface area (Å²) in [6, 6.07) is 3.61. The van der Waals surface area contributed by atoms with E-state index in [1.807, 2.05) is 13.0 Å². The number of amides is 1. The van der Waals surface area contributed by atoms with Gasteiger partial charge < -0.3 is 4.90 Å². The molecule has 2 rings (SSSR count). The Morgan fingerprint density at radius 3 is 2.73 bits per heavy atom. The molecular weight excluding hydrogens is 304 g/mol. The van der Waals surface area contributed by atoms with Gasteiger partial charge in [0.25, 0.3) is 0 Å². The molecule has 0 aliphatic carbocycles. The SMILES string of the molecule is CCN(C(=O)C(C)C(C)=O)c1cn(-c2cccnc2)nc1Cl. The fourth-order valence-corrected chi connectivity index (χ4v) is 2.23. The first-order chi connectivity index (χ1) is 10.5. The number of ketones is 1. The summed E-state index contributed by atoms with van der Waals surface area (Å²) < 4.78 is 1.55. The molecule has 2 aromatic rings. The van der Waals surface area contributed by atoms with Crippen LogP contribution in [0.2, 0.25) is 5.15 Å². The Morgan fingerprint density at radius 2 is 2.18 bits per heavy atom. The fraction of sp³-hybridized carbons (Fsp3) is 0.333. The van der Waals surface area contributed by atoms with E-state index in [9.17, 15) is 9.59 Å². The van der Waals surface area contributed by atoms with E-state index in [0.29, 0.717) is 12.2 Å². The van der Waals surface area contributed by atoms with Crippen LogP contribution >= 0.6 is 11.6 Å². The Labute approximate surface area is 133 Å². The number of hydrogen-bond acceptors (Lipinski definition) is 4. The molecule has 0 aliphatic heterocycles. The van der Waals surface area contributed by atoms with Crippen LogP contribution in [0.4, 0.5) is 5.69 Å². The highest BCUT2D eigenvalue weighted by Gasteiger charge is 2.27. The molecule has 22 heavy (non-hydrogen) atoms. The lowest BCUT2D eigenvalue weighted by molar-refractivity contribution is -0.130. The molecule has 1 amide bonds. The third-order valence-electron chi connectivity index (χ3n) is 3.42. The van der Waals surface area contributed by atoms with E-state index in [1.54, 1.807) is 36.3 Å². The number of rotatable bonds is 5. The molecular formula is C15H17ClN4O2. The van der Waals surface area contributed by atoms with E-state index in [2.05, 4.69) is 10.1 Å². The summed E-state index contributed by atoms with van der Waals surface area (Å²) in [6.07, 6.45) is 4.96. The van der Waals surface area contributed by atoms with E-state index in [-0.39, 0.29) is 16.8 Å². The zero-order valence-corrected chi connectivity index (χ0v) is 13.4. The monoisotopic (exact) mass is 320 g/mol. The molecule has 0 aliphatic rings. The Morgan fingerprint density at radius 1 is 1.45 bits per heavy atom. The fourth-order valence-electron chi connectivity index (χ4n) is 2.00. The molecule has 2 heterocycles. The Hall–Kier alpha value is -2.21. The maximum atomic E-state index is 12.4. The van der Waals surface area contributed by atoms with Crippen molar-refractivity contribution in [2.75, 3.05) is 11.4 Å². The van der Waals surface area contributed by atoms with E-state index in [1.165, 1.54) is 11.8 Å². The van der Waals surface area contributed by atoms with Crippen molar-refractivity contribution in [1.29, 1.82) is 0 Å². The van der Waals surface area contributed by atoms with E-state index >= 15 is 0 Å². The zero-order chi connectivity index (χ0) is 16.3. The van der Waals surface area contributed by atoms with Crippen LogP contribution in [0.3, 0.4) is 0 Å². The molecule has 0 aromatic carbocycles. The van der Waals surface area contributed by atoms with Crippen LogP contribution in [-0.4, -0.2) is 33.0 Å². The van der Waals surface area contributed by atoms with Crippen LogP contribution in [0.1, 0.15) is 20.8 Å². The lowest BCUT2D eigenvalue weighted by Gasteiger charge is -2.22. The van der Waals surface area contributed by atoms with Crippen molar-refractivity contribution >= 4 is 29.0 Å². The quantitative estimate of drug-likeness (QED) is 0.794. The molecule has 0 fully saturated rings. The second-order valence-electron chi connectivity index (χ2n) is 4.88. The number of hydrogen-bond donors (Lipinski definition) is 0. The van der Waals surface area contributed by atoms with Gasteiger partial charge in [-0.1, -0.05) is 11.6 Å². The molecule has 116 valence electrons. The Bertz CT molecular complexity index is 684. The van der Waals surface area contributed by atoms with E-state index < -0.39 is 5.92 Å². The van der Waals surface area contributed by atoms with Gasteiger partial charge in [0.15, 0.2) is 5.15 Å². The standard InChI is InChI=1S/C15H17ClN4O2/c1-4-19(15(22)10(2)11(3)21)13-9-20(18-14(13)16)12-6-5-7-17-8-12/h5-10H,4H2,1-3H3. The molecule has 0 N–H and O–H groups in total. The highest BCUT2D eigenvalue weighted by molar-refractivity contribution is 6.32. The van der Waals surface area contributed by atoms with Gasteiger partial charge in [0, 0.05) is 12.7 Å². The average Bonchev–Trinajstić information content (AvgIpc) is 2.90. The molecule has 1 unspecified atom stereocenters. The first kappa shape index (κ1) is 16.2. The van der Waals surface area contributed by atoms with E-state index in [4.69, 9.17) is 11.6 Å². The van der Waals surface area contributed by atoms with Gasteiger partial charge in [-0.2, -0.15) is 5.10 Å². The van der Waals surface area contributed by atoms with Gasteiger partial charge in [-0.3, -0.25) is 14.6 Å². The molecule has 0 spiro atoms. The number of carbonyl (C=O) groups is 2. The second-order valence-corrected chi connectivity index (χ2v) is 5.23. The van der Waals surface area contributed by atoms with Crippen molar-refractivity contribution < 1.29 is 9.59 Å². The minimum Gasteiger partial charge on any atom is -0.308 e. The summed E-state index contributed by atoms with van der Waals surface area (Å²) in [5.74, 6) is -1.18. The minimum atomic E-state index is -0.710. The van der Waals surface area contributed by atoms with Gasteiger partial charge >= 0.3 is 0 Å². The highest BCUT2D eigenvalue weighted by atomic mass is 35.5. The first-order valence-electron chi connectivity index (χ1n) is 6.93. The lowest BCUT2D eigenvalue weighted by Crippen LogP contribution is -2.37. The third-order valence-corrected chi connectivity index (χ3v) is 3.68. The summed E-state index contributed by atoms with van der Waals surface area (Å²) in [6.45, 7) is 5.21. The topological polar surface area (TPSA) is 68.1 Å². The average molecular weight is 321 g/mol. The zero-order valence-electron chi connectivity index (χ0n) is 12.7. The highest BCUT2D eigenvalue weighted by Crippen LogP contribution is 2.27. The number of anilines is 1. The summed E-state index contributed by atoms with van der Waals surface area (Å²) in [4.78, 5) is 29.3. The smallest absolute Gasteiger partial charge is 0.237 e. The van der Waals surface area contributed by atoms with Crippen LogP contribution in [-0.2, 0) is 9.59 Å². The molecule has 6 nitrogen and oxygen atoms in total. The maximum absolute atomic E-state index is 12.4. The third kappa shape index (κ3) is 3.17. The predicted molar refractivity (Wildman–Crippen MR) is 84.2 cm³/mol. The molecule has 2 aromatic heterocycles. The van der Waals surface area contributed by atoms with Crippen molar-refractivity contribution in [2.24, 2.45) is 5.92 Å². The number of aromatic nitrogens is 3. The van der Waals surface area contributed by atoms with Gasteiger partial charge in [0.2, 0.25) is 5.91 Å². The van der Waals surface area contributed by atoms with Crippen LogP contribution in [0.25, 0.3) is 5.69 Å². The maximum Gasteiger partial charge on any atom is 0.237 e. The molecule has 0 saturated heterocycles.